The van der Waals surface area contributed by atoms with Crippen molar-refractivity contribution in [1.29, 1.82) is 0 Å². The number of thiazole rings is 2. The van der Waals surface area contributed by atoms with Crippen molar-refractivity contribution in [2.75, 3.05) is 0 Å². The van der Waals surface area contributed by atoms with E-state index in [1.807, 2.05) is 10.8 Å². The molecule has 0 amide bonds. The van der Waals surface area contributed by atoms with E-state index in [1.165, 1.54) is 0 Å². The first kappa shape index (κ1) is 18.6. The molecule has 0 atom stereocenters. The number of rotatable bonds is 0. The van der Waals surface area contributed by atoms with Crippen LogP contribution in [0.5, 0.6) is 0 Å². The Morgan fingerprint density at radius 1 is 0.769 bits per heavy atom. The first-order chi connectivity index (χ1) is 5.00. The molecule has 0 spiro atoms. The SMILES string of the molecule is [NH2-].[NH2-].[Pt].c1cscn1.c1cscn1. The zero-order valence-corrected chi connectivity index (χ0v) is 10.6. The molecule has 0 bridgehead atoms. The van der Waals surface area contributed by atoms with Crippen LogP contribution in [-0.4, -0.2) is 9.97 Å². The molecule has 0 fully saturated rings. The Labute approximate surface area is 99.9 Å². The fourth-order valence-electron chi connectivity index (χ4n) is 0.351. The van der Waals surface area contributed by atoms with Gasteiger partial charge in [-0.3, -0.25) is 9.97 Å². The zero-order chi connectivity index (χ0) is 7.07. The molecule has 78 valence electrons. The summed E-state index contributed by atoms with van der Waals surface area (Å²) in [5, 5.41) is 3.86. The van der Waals surface area contributed by atoms with Crippen LogP contribution in [-0.2, 0) is 21.1 Å². The summed E-state index contributed by atoms with van der Waals surface area (Å²) in [4.78, 5) is 7.48. The van der Waals surface area contributed by atoms with Crippen LogP contribution in [0.25, 0.3) is 12.3 Å². The molecule has 2 rings (SSSR count). The minimum atomic E-state index is 0. The van der Waals surface area contributed by atoms with Crippen molar-refractivity contribution >= 4 is 22.7 Å². The van der Waals surface area contributed by atoms with E-state index in [9.17, 15) is 0 Å². The van der Waals surface area contributed by atoms with Gasteiger partial charge < -0.3 is 12.3 Å². The van der Waals surface area contributed by atoms with Gasteiger partial charge in [0.05, 0.1) is 11.0 Å². The topological polar surface area (TPSA) is 92.8 Å². The predicted octanol–water partition coefficient (Wildman–Crippen LogP) is 3.72. The predicted molar refractivity (Wildman–Crippen MR) is 54.8 cm³/mol. The second-order valence-electron chi connectivity index (χ2n) is 1.35. The molecular weight excluding hydrogens is 387 g/mol. The Morgan fingerprint density at radius 3 is 1.23 bits per heavy atom. The van der Waals surface area contributed by atoms with Crippen LogP contribution < -0.4 is 0 Å². The zero-order valence-electron chi connectivity index (χ0n) is 6.65. The van der Waals surface area contributed by atoms with E-state index in [4.69, 9.17) is 0 Å². The molecule has 13 heavy (non-hydrogen) atoms. The van der Waals surface area contributed by atoms with Crippen LogP contribution in [0, 0.1) is 0 Å². The van der Waals surface area contributed by atoms with Crippen LogP contribution in [0.2, 0.25) is 0 Å². The molecule has 0 aromatic carbocycles. The molecule has 0 saturated heterocycles. The summed E-state index contributed by atoms with van der Waals surface area (Å²) in [6.45, 7) is 0. The number of aromatic nitrogens is 2. The molecule has 0 radical (unpaired) electrons. The average molecular weight is 397 g/mol. The van der Waals surface area contributed by atoms with Crippen molar-refractivity contribution in [1.82, 2.24) is 9.97 Å². The van der Waals surface area contributed by atoms with Gasteiger partial charge in [0, 0.05) is 44.2 Å². The van der Waals surface area contributed by atoms with E-state index in [-0.39, 0.29) is 33.4 Å². The molecule has 4 nitrogen and oxygen atoms in total. The van der Waals surface area contributed by atoms with Crippen LogP contribution in [0.15, 0.2) is 34.2 Å². The third kappa shape index (κ3) is 11.9. The van der Waals surface area contributed by atoms with Gasteiger partial charge in [-0.25, -0.2) is 0 Å². The quantitative estimate of drug-likeness (QED) is 0.678. The normalized spacial score (nSPS) is 6.15. The van der Waals surface area contributed by atoms with Gasteiger partial charge in [-0.05, 0) is 0 Å². The van der Waals surface area contributed by atoms with Gasteiger partial charge in [-0.2, -0.15) is 0 Å². The number of nitrogens with two attached hydrogens (primary N) is 2. The first-order valence-corrected chi connectivity index (χ1v) is 4.53. The van der Waals surface area contributed by atoms with E-state index in [2.05, 4.69) is 9.97 Å². The average Bonchev–Trinajstić information content (AvgIpc) is 2.67. The summed E-state index contributed by atoms with van der Waals surface area (Å²) < 4.78 is 0. The molecule has 0 aliphatic carbocycles. The van der Waals surface area contributed by atoms with Crippen LogP contribution in [0.4, 0.5) is 0 Å². The Kier molecular flexibility index (Phi) is 20.6. The molecule has 0 aliphatic heterocycles. The van der Waals surface area contributed by atoms with Crippen molar-refractivity contribution < 1.29 is 21.1 Å². The standard InChI is InChI=1S/2C3H3NS.2H2N.Pt/c2*1-2-5-3-4-1;;;/h2*1-3H;2*1H2;/q;;2*-1;. The summed E-state index contributed by atoms with van der Waals surface area (Å²) in [7, 11) is 0. The van der Waals surface area contributed by atoms with E-state index in [1.54, 1.807) is 46.1 Å². The molecule has 2 heterocycles. The summed E-state index contributed by atoms with van der Waals surface area (Å²) in [5.74, 6) is 0. The maximum Gasteiger partial charge on any atom is 0.0791 e. The van der Waals surface area contributed by atoms with Gasteiger partial charge in [-0.15, -0.1) is 22.7 Å². The Bertz CT molecular complexity index is 162. The molecule has 0 saturated carbocycles. The van der Waals surface area contributed by atoms with Crippen molar-refractivity contribution in [3.8, 4) is 0 Å². The molecule has 0 aliphatic rings. The smallest absolute Gasteiger partial charge is 0.0791 e. The van der Waals surface area contributed by atoms with Gasteiger partial charge in [0.1, 0.15) is 0 Å². The summed E-state index contributed by atoms with van der Waals surface area (Å²) in [5.41, 5.74) is 3.58. The molecule has 2 aromatic rings. The fraction of sp³-hybridized carbons (Fsp3) is 0. The minimum Gasteiger partial charge on any atom is -0.693 e. The molecule has 2 aromatic heterocycles. The van der Waals surface area contributed by atoms with Gasteiger partial charge in [-0.1, -0.05) is 0 Å². The van der Waals surface area contributed by atoms with Crippen molar-refractivity contribution in [2.45, 2.75) is 0 Å². The summed E-state index contributed by atoms with van der Waals surface area (Å²) >= 11 is 3.20. The number of hydrogen-bond donors (Lipinski definition) is 0. The van der Waals surface area contributed by atoms with E-state index in [0.29, 0.717) is 0 Å². The molecular formula is C6H10N4PtS2-2. The van der Waals surface area contributed by atoms with E-state index in [0.717, 1.165) is 0 Å². The first-order valence-electron chi connectivity index (χ1n) is 2.64. The summed E-state index contributed by atoms with van der Waals surface area (Å²) in [6.07, 6.45) is 3.54. The van der Waals surface area contributed by atoms with Gasteiger partial charge >= 0.3 is 0 Å². The van der Waals surface area contributed by atoms with Crippen molar-refractivity contribution in [3.05, 3.63) is 46.5 Å². The maximum absolute atomic E-state index is 3.74. The minimum absolute atomic E-state index is 0. The fourth-order valence-corrected chi connectivity index (χ4v) is 1.05. The largest absolute Gasteiger partial charge is 0.693 e. The second kappa shape index (κ2) is 14.4. The van der Waals surface area contributed by atoms with Gasteiger partial charge in [0.15, 0.2) is 0 Å². The summed E-state index contributed by atoms with van der Waals surface area (Å²) in [6, 6.07) is 0. The van der Waals surface area contributed by atoms with E-state index < -0.39 is 0 Å². The van der Waals surface area contributed by atoms with Crippen LogP contribution >= 0.6 is 22.7 Å². The third-order valence-corrected chi connectivity index (χ3v) is 1.74. The second-order valence-corrected chi connectivity index (χ2v) is 2.86. The molecule has 7 heteroatoms. The van der Waals surface area contributed by atoms with Gasteiger partial charge in [0.2, 0.25) is 0 Å². The Morgan fingerprint density at radius 2 is 1.15 bits per heavy atom. The number of nitrogens with zero attached hydrogens (tertiary/aromatic N) is 2. The van der Waals surface area contributed by atoms with Gasteiger partial charge in [0.25, 0.3) is 0 Å². The molecule has 0 unspecified atom stereocenters. The van der Waals surface area contributed by atoms with Crippen LogP contribution in [0.3, 0.4) is 0 Å². The third-order valence-electron chi connectivity index (χ3n) is 0.694. The number of hydrogen-bond acceptors (Lipinski definition) is 4. The monoisotopic (exact) mass is 397 g/mol. The van der Waals surface area contributed by atoms with Crippen molar-refractivity contribution in [3.63, 3.8) is 0 Å². The molecule has 4 N–H and O–H groups in total. The maximum atomic E-state index is 3.74. The van der Waals surface area contributed by atoms with Crippen LogP contribution in [0.1, 0.15) is 0 Å². The van der Waals surface area contributed by atoms with E-state index >= 15 is 0 Å². The van der Waals surface area contributed by atoms with Crippen molar-refractivity contribution in [2.24, 2.45) is 0 Å². The Balaban J connectivity index is -0.000000125. The Hall–Kier alpha value is -0.132.